The Bertz CT molecular complexity index is 1300. The van der Waals surface area contributed by atoms with Gasteiger partial charge in [-0.3, -0.25) is 19.2 Å². The van der Waals surface area contributed by atoms with E-state index in [0.717, 1.165) is 43.4 Å². The molecule has 0 spiro atoms. The van der Waals surface area contributed by atoms with Crippen molar-refractivity contribution in [3.05, 3.63) is 71.8 Å². The van der Waals surface area contributed by atoms with Crippen molar-refractivity contribution in [2.24, 2.45) is 5.73 Å². The third-order valence-electron chi connectivity index (χ3n) is 8.07. The molecule has 43 heavy (non-hydrogen) atoms. The number of primary amides is 1. The van der Waals surface area contributed by atoms with Crippen LogP contribution >= 0.6 is 0 Å². The van der Waals surface area contributed by atoms with E-state index in [0.29, 0.717) is 62.6 Å². The minimum Gasteiger partial charge on any atom is -0.381 e. The monoisotopic (exact) mass is 589 g/mol. The standard InChI is InChI=1S/C33H43N5O5/c1-3-19-43-20-15-30(39)36-27-6-5-16-38(22-27)33(42)24-7-10-26(11-8-24)35-29-21-25(9-12-28(29)32(34)41)23-13-17-37(18-14-23)31(40)4-2/h4,7-12,21,23,27,35H,2-3,5-6,13-20,22H2,1H3,(H2,34,41)(H,36,39). The highest BCUT2D eigenvalue weighted by Crippen LogP contribution is 2.32. The lowest BCUT2D eigenvalue weighted by Gasteiger charge is -2.33. The van der Waals surface area contributed by atoms with Crippen LogP contribution in [-0.2, 0) is 14.3 Å². The number of nitrogens with zero attached hydrogens (tertiary/aromatic N) is 2. The van der Waals surface area contributed by atoms with Crippen LogP contribution in [0.4, 0.5) is 11.4 Å². The number of benzene rings is 2. The molecule has 0 aliphatic carbocycles. The van der Waals surface area contributed by atoms with Crippen LogP contribution in [0.1, 0.15) is 77.6 Å². The molecule has 2 fully saturated rings. The smallest absolute Gasteiger partial charge is 0.253 e. The summed E-state index contributed by atoms with van der Waals surface area (Å²) in [5.41, 5.74) is 8.99. The number of nitrogens with two attached hydrogens (primary N) is 1. The molecular formula is C33H43N5O5. The second-order valence-electron chi connectivity index (χ2n) is 11.2. The lowest BCUT2D eigenvalue weighted by Crippen LogP contribution is -2.49. The van der Waals surface area contributed by atoms with Crippen molar-refractivity contribution >= 4 is 35.0 Å². The summed E-state index contributed by atoms with van der Waals surface area (Å²) in [5, 5.41) is 6.35. The summed E-state index contributed by atoms with van der Waals surface area (Å²) in [4.78, 5) is 53.3. The van der Waals surface area contributed by atoms with Crippen LogP contribution in [-0.4, -0.2) is 78.9 Å². The summed E-state index contributed by atoms with van der Waals surface area (Å²) in [6.45, 7) is 9.06. The predicted octanol–water partition coefficient (Wildman–Crippen LogP) is 3.96. The highest BCUT2D eigenvalue weighted by atomic mass is 16.5. The zero-order valence-electron chi connectivity index (χ0n) is 25.0. The molecule has 0 aromatic heterocycles. The minimum absolute atomic E-state index is 0.0533. The molecule has 4 N–H and O–H groups in total. The van der Waals surface area contributed by atoms with E-state index in [9.17, 15) is 19.2 Å². The van der Waals surface area contributed by atoms with Gasteiger partial charge >= 0.3 is 0 Å². The first kappa shape index (κ1) is 31.7. The normalized spacial score (nSPS) is 17.3. The van der Waals surface area contributed by atoms with Gasteiger partial charge in [-0.25, -0.2) is 0 Å². The Morgan fingerprint density at radius 3 is 2.42 bits per heavy atom. The van der Waals surface area contributed by atoms with Crippen LogP contribution in [0.15, 0.2) is 55.1 Å². The van der Waals surface area contributed by atoms with Gasteiger partial charge in [-0.2, -0.15) is 0 Å². The zero-order chi connectivity index (χ0) is 30.8. The topological polar surface area (TPSA) is 134 Å². The number of carbonyl (C=O) groups is 4. The van der Waals surface area contributed by atoms with Gasteiger partial charge in [-0.1, -0.05) is 19.6 Å². The molecule has 0 radical (unpaired) electrons. The Labute approximate surface area is 253 Å². The third-order valence-corrected chi connectivity index (χ3v) is 8.07. The molecule has 1 unspecified atom stereocenters. The number of hydrogen-bond acceptors (Lipinski definition) is 6. The Kier molecular flexibility index (Phi) is 11.3. The van der Waals surface area contributed by atoms with Crippen LogP contribution in [0.2, 0.25) is 0 Å². The number of amides is 4. The fourth-order valence-electron chi connectivity index (χ4n) is 5.72. The molecule has 2 aliphatic rings. The van der Waals surface area contributed by atoms with Crippen LogP contribution in [0.3, 0.4) is 0 Å². The molecule has 2 aromatic rings. The first-order valence-electron chi connectivity index (χ1n) is 15.2. The summed E-state index contributed by atoms with van der Waals surface area (Å²) in [6, 6.07) is 12.7. The van der Waals surface area contributed by atoms with Crippen molar-refractivity contribution in [3.63, 3.8) is 0 Å². The Hall–Kier alpha value is -4.18. The Morgan fingerprint density at radius 1 is 1.00 bits per heavy atom. The van der Waals surface area contributed by atoms with E-state index in [1.165, 1.54) is 6.08 Å². The molecular weight excluding hydrogens is 546 g/mol. The maximum absolute atomic E-state index is 13.3. The quantitative estimate of drug-likeness (QED) is 0.254. The lowest BCUT2D eigenvalue weighted by atomic mass is 9.88. The zero-order valence-corrected chi connectivity index (χ0v) is 25.0. The van der Waals surface area contributed by atoms with Gasteiger partial charge in [0, 0.05) is 56.5 Å². The summed E-state index contributed by atoms with van der Waals surface area (Å²) in [6.07, 6.45) is 5.87. The SMILES string of the molecule is C=CC(=O)N1CCC(c2ccc(C(N)=O)c(Nc3ccc(C(=O)N4CCCC(NC(=O)CCOCCC)C4)cc3)c2)CC1. The van der Waals surface area contributed by atoms with Crippen LogP contribution in [0.5, 0.6) is 0 Å². The van der Waals surface area contributed by atoms with E-state index in [4.69, 9.17) is 10.5 Å². The molecule has 2 saturated heterocycles. The minimum atomic E-state index is -0.535. The first-order chi connectivity index (χ1) is 20.8. The summed E-state index contributed by atoms with van der Waals surface area (Å²) in [5.74, 6) is -0.477. The molecule has 10 heteroatoms. The Balaban J connectivity index is 1.37. The van der Waals surface area contributed by atoms with Gasteiger partial charge in [-0.15, -0.1) is 0 Å². The fraction of sp³-hybridized carbons (Fsp3) is 0.455. The maximum Gasteiger partial charge on any atom is 0.253 e. The molecule has 0 saturated carbocycles. The van der Waals surface area contributed by atoms with Crippen LogP contribution in [0, 0.1) is 0 Å². The molecule has 2 heterocycles. The number of nitrogens with one attached hydrogen (secondary N) is 2. The first-order valence-corrected chi connectivity index (χ1v) is 15.2. The third kappa shape index (κ3) is 8.67. The number of rotatable bonds is 12. The number of hydrogen-bond donors (Lipinski definition) is 3. The van der Waals surface area contributed by atoms with Crippen molar-refractivity contribution in [2.45, 2.75) is 57.4 Å². The highest BCUT2D eigenvalue weighted by Gasteiger charge is 2.26. The molecule has 4 rings (SSSR count). The second kappa shape index (κ2) is 15.3. The van der Waals surface area contributed by atoms with Crippen molar-refractivity contribution in [1.29, 1.82) is 0 Å². The molecule has 10 nitrogen and oxygen atoms in total. The average Bonchev–Trinajstić information content (AvgIpc) is 3.03. The number of carbonyl (C=O) groups excluding carboxylic acids is 4. The van der Waals surface area contributed by atoms with Gasteiger partial charge in [0.05, 0.1) is 17.9 Å². The van der Waals surface area contributed by atoms with Crippen molar-refractivity contribution in [2.75, 3.05) is 44.7 Å². The van der Waals surface area contributed by atoms with Crippen molar-refractivity contribution in [1.82, 2.24) is 15.1 Å². The summed E-state index contributed by atoms with van der Waals surface area (Å²) < 4.78 is 5.40. The van der Waals surface area contributed by atoms with Crippen molar-refractivity contribution in [3.8, 4) is 0 Å². The van der Waals surface area contributed by atoms with Gasteiger partial charge in [-0.05, 0) is 86.1 Å². The summed E-state index contributed by atoms with van der Waals surface area (Å²) >= 11 is 0. The van der Waals surface area contributed by atoms with E-state index in [2.05, 4.69) is 17.2 Å². The largest absolute Gasteiger partial charge is 0.381 e. The highest BCUT2D eigenvalue weighted by molar-refractivity contribution is 5.99. The van der Waals surface area contributed by atoms with E-state index in [-0.39, 0.29) is 29.7 Å². The number of anilines is 2. The number of ether oxygens (including phenoxy) is 1. The van der Waals surface area contributed by atoms with E-state index in [1.807, 2.05) is 31.2 Å². The van der Waals surface area contributed by atoms with E-state index < -0.39 is 5.91 Å². The van der Waals surface area contributed by atoms with Crippen molar-refractivity contribution < 1.29 is 23.9 Å². The molecule has 230 valence electrons. The van der Waals surface area contributed by atoms with Gasteiger partial charge in [0.2, 0.25) is 11.8 Å². The second-order valence-corrected chi connectivity index (χ2v) is 11.2. The maximum atomic E-state index is 13.3. The molecule has 0 bridgehead atoms. The van der Waals surface area contributed by atoms with Crippen LogP contribution < -0.4 is 16.4 Å². The Morgan fingerprint density at radius 2 is 1.74 bits per heavy atom. The van der Waals surface area contributed by atoms with Gasteiger partial charge < -0.3 is 30.9 Å². The fourth-order valence-corrected chi connectivity index (χ4v) is 5.72. The number of likely N-dealkylation sites (tertiary alicyclic amines) is 2. The summed E-state index contributed by atoms with van der Waals surface area (Å²) in [7, 11) is 0. The van der Waals surface area contributed by atoms with E-state index >= 15 is 0 Å². The van der Waals surface area contributed by atoms with Crippen LogP contribution in [0.25, 0.3) is 0 Å². The molecule has 1 atom stereocenters. The van der Waals surface area contributed by atoms with Gasteiger partial charge in [0.25, 0.3) is 11.8 Å². The van der Waals surface area contributed by atoms with Gasteiger partial charge in [0.1, 0.15) is 0 Å². The molecule has 2 aliphatic heterocycles. The van der Waals surface area contributed by atoms with Gasteiger partial charge in [0.15, 0.2) is 0 Å². The molecule has 2 aromatic carbocycles. The average molecular weight is 590 g/mol. The number of piperidine rings is 2. The lowest BCUT2D eigenvalue weighted by molar-refractivity contribution is -0.127. The van der Waals surface area contributed by atoms with E-state index in [1.54, 1.807) is 28.0 Å². The molecule has 4 amide bonds. The predicted molar refractivity (Wildman–Crippen MR) is 166 cm³/mol.